The lowest BCUT2D eigenvalue weighted by atomic mass is 10.0. The largest absolute Gasteiger partial charge is 0.442 e. The third-order valence-corrected chi connectivity index (χ3v) is 3.79. The fourth-order valence-corrected chi connectivity index (χ4v) is 2.67. The molecule has 4 N–H and O–H groups in total. The number of hydrogen-bond donors (Lipinski definition) is 4. The number of imide groups is 1. The molecule has 8 heteroatoms. The Kier molecular flexibility index (Phi) is 4.87. The van der Waals surface area contributed by atoms with Crippen LogP contribution in [0.2, 0.25) is 0 Å². The molecule has 22 heavy (non-hydrogen) atoms. The van der Waals surface area contributed by atoms with Crippen LogP contribution in [0.5, 0.6) is 0 Å². The first-order valence-corrected chi connectivity index (χ1v) is 7.03. The minimum Gasteiger partial charge on any atom is -0.399 e. The van der Waals surface area contributed by atoms with Crippen LogP contribution in [-0.4, -0.2) is 40.9 Å². The molecule has 1 unspecified atom stereocenters. The molecule has 7 nitrogen and oxygen atoms in total. The van der Waals surface area contributed by atoms with E-state index in [-0.39, 0.29) is 19.9 Å². The van der Waals surface area contributed by atoms with Gasteiger partial charge in [-0.05, 0) is 25.1 Å². The Bertz CT molecular complexity index is 647. The van der Waals surface area contributed by atoms with E-state index in [1.165, 1.54) is 0 Å². The average molecular weight is 324 g/mol. The van der Waals surface area contributed by atoms with Gasteiger partial charge in [0.05, 0.1) is 31.6 Å². The summed E-state index contributed by atoms with van der Waals surface area (Å²) in [5.74, 6) is -0.479. The molecule has 0 saturated heterocycles. The zero-order valence-electron chi connectivity index (χ0n) is 12.1. The van der Waals surface area contributed by atoms with E-state index < -0.39 is 15.8 Å². The van der Waals surface area contributed by atoms with Crippen molar-refractivity contribution in [2.75, 3.05) is 25.7 Å². The number of aliphatic hydroxyl groups is 1. The Morgan fingerprint density at radius 1 is 1.41 bits per heavy atom. The van der Waals surface area contributed by atoms with Crippen LogP contribution in [0.1, 0.15) is 12.5 Å². The van der Waals surface area contributed by atoms with Gasteiger partial charge < -0.3 is 15.6 Å². The van der Waals surface area contributed by atoms with Crippen molar-refractivity contribution in [1.82, 2.24) is 5.32 Å². The summed E-state index contributed by atoms with van der Waals surface area (Å²) in [7, 11) is 0. The van der Waals surface area contributed by atoms with E-state index in [1.807, 2.05) is 0 Å². The molecule has 0 bridgehead atoms. The summed E-state index contributed by atoms with van der Waals surface area (Å²) in [5, 5.41) is 11.1. The van der Waals surface area contributed by atoms with E-state index in [2.05, 4.69) is 18.1 Å². The Hall–Kier alpha value is -1.87. The first kappa shape index (κ1) is 16.5. The second kappa shape index (κ2) is 6.49. The van der Waals surface area contributed by atoms with Crippen molar-refractivity contribution in [3.8, 4) is 0 Å². The van der Waals surface area contributed by atoms with Crippen LogP contribution < -0.4 is 11.1 Å². The van der Waals surface area contributed by atoms with Crippen LogP contribution in [0.3, 0.4) is 0 Å². The van der Waals surface area contributed by atoms with Gasteiger partial charge in [-0.3, -0.25) is 4.79 Å². The van der Waals surface area contributed by atoms with Crippen molar-refractivity contribution >= 4 is 36.1 Å². The number of thiol groups is 1. The average Bonchev–Trinajstić information content (AvgIpc) is 2.46. The van der Waals surface area contributed by atoms with Gasteiger partial charge in [0.15, 0.2) is 5.70 Å². The van der Waals surface area contributed by atoms with Gasteiger partial charge in [-0.2, -0.15) is 0 Å². The lowest BCUT2D eigenvalue weighted by molar-refractivity contribution is -0.658. The molecule has 0 fully saturated rings. The third kappa shape index (κ3) is 3.00. The van der Waals surface area contributed by atoms with Crippen LogP contribution in [-0.2, 0) is 9.53 Å². The fourth-order valence-electron chi connectivity index (χ4n) is 2.27. The summed E-state index contributed by atoms with van der Waals surface area (Å²) in [6.45, 7) is 1.36. The summed E-state index contributed by atoms with van der Waals surface area (Å²) in [5.41, 5.74) is 7.67. The van der Waals surface area contributed by atoms with Gasteiger partial charge in [0.2, 0.25) is 6.73 Å². The number of hydrogen-bond acceptors (Lipinski definition) is 6. The molecule has 1 atom stereocenters. The van der Waals surface area contributed by atoms with Crippen molar-refractivity contribution in [3.05, 3.63) is 35.4 Å². The highest BCUT2D eigenvalue weighted by molar-refractivity contribution is 7.74. The van der Waals surface area contributed by atoms with Crippen molar-refractivity contribution in [1.29, 1.82) is 0 Å². The number of amides is 3. The maximum absolute atomic E-state index is 12.3. The van der Waals surface area contributed by atoms with Gasteiger partial charge in [-0.25, -0.2) is 10.1 Å². The van der Waals surface area contributed by atoms with Crippen molar-refractivity contribution in [2.45, 2.75) is 6.92 Å². The predicted molar refractivity (Wildman–Crippen MR) is 84.1 cm³/mol. The van der Waals surface area contributed by atoms with Crippen molar-refractivity contribution < 1.29 is 23.3 Å². The summed E-state index contributed by atoms with van der Waals surface area (Å²) in [6.07, 6.45) is 0. The van der Waals surface area contributed by atoms with Gasteiger partial charge in [0, 0.05) is 11.3 Å². The van der Waals surface area contributed by atoms with E-state index in [1.54, 1.807) is 31.2 Å². The highest BCUT2D eigenvalue weighted by Crippen LogP contribution is 2.36. The highest BCUT2D eigenvalue weighted by atomic mass is 32.1. The highest BCUT2D eigenvalue weighted by Gasteiger charge is 2.47. The van der Waals surface area contributed by atoms with Crippen LogP contribution in [0.15, 0.2) is 29.8 Å². The number of nitrogens with zero attached hydrogens (tertiary/aromatic N) is 1. The number of nitrogens with one attached hydrogen (secondary N) is 1. The number of carbonyl (C=O) groups is 2. The van der Waals surface area contributed by atoms with Gasteiger partial charge >= 0.3 is 6.03 Å². The zero-order valence-corrected chi connectivity index (χ0v) is 13.0. The number of rotatable bonds is 5. The second-order valence-corrected chi connectivity index (χ2v) is 5.57. The predicted octanol–water partition coefficient (Wildman–Crippen LogP) is 0.878. The van der Waals surface area contributed by atoms with E-state index in [0.717, 1.165) is 0 Å². The first-order valence-electron chi connectivity index (χ1n) is 6.63. The molecule has 1 aromatic rings. The Labute approximate surface area is 133 Å². The summed E-state index contributed by atoms with van der Waals surface area (Å²) in [4.78, 5) is 24.2. The number of nitrogen functional groups attached to an aromatic ring is 1. The molecule has 0 radical (unpaired) electrons. The van der Waals surface area contributed by atoms with Gasteiger partial charge in [-0.1, -0.05) is 6.07 Å². The van der Waals surface area contributed by atoms with Crippen LogP contribution >= 0.6 is 12.8 Å². The lowest BCUT2D eigenvalue weighted by Crippen LogP contribution is -2.56. The number of urea groups is 1. The van der Waals surface area contributed by atoms with Crippen LogP contribution in [0.4, 0.5) is 10.5 Å². The first-order chi connectivity index (χ1) is 10.4. The molecule has 0 aromatic heterocycles. The lowest BCUT2D eigenvalue weighted by Gasteiger charge is -2.33. The molecule has 1 aromatic carbocycles. The monoisotopic (exact) mass is 324 g/mol. The van der Waals surface area contributed by atoms with Crippen molar-refractivity contribution in [2.24, 2.45) is 0 Å². The van der Waals surface area contributed by atoms with E-state index in [9.17, 15) is 9.59 Å². The topological polar surface area (TPSA) is 102 Å². The van der Waals surface area contributed by atoms with Crippen molar-refractivity contribution in [3.63, 3.8) is 0 Å². The molecule has 1 aliphatic rings. The molecule has 3 amide bonds. The minimum atomic E-state index is -0.616. The fraction of sp³-hybridized carbons (Fsp3) is 0.286. The molecule has 2 rings (SSSR count). The van der Waals surface area contributed by atoms with Crippen LogP contribution in [0, 0.1) is 0 Å². The normalized spacial score (nSPS) is 22.0. The smallest absolute Gasteiger partial charge is 0.399 e. The number of ether oxygens (including phenoxy) is 1. The second-order valence-electron chi connectivity index (χ2n) is 4.89. The minimum absolute atomic E-state index is 0.0606. The summed E-state index contributed by atoms with van der Waals surface area (Å²) < 4.78 is 4.72. The maximum atomic E-state index is 12.3. The summed E-state index contributed by atoms with van der Waals surface area (Å²) in [6, 6.07) is 6.24. The molecule has 0 aliphatic carbocycles. The summed E-state index contributed by atoms with van der Waals surface area (Å²) >= 11 is 4.43. The quantitative estimate of drug-likeness (QED) is 0.279. The molecule has 0 saturated carbocycles. The number of benzene rings is 1. The number of anilines is 1. The Morgan fingerprint density at radius 2 is 2.14 bits per heavy atom. The van der Waals surface area contributed by atoms with Gasteiger partial charge in [0.1, 0.15) is 0 Å². The van der Waals surface area contributed by atoms with Gasteiger partial charge in [-0.15, -0.1) is 3.89 Å². The molecule has 1 heterocycles. The van der Waals surface area contributed by atoms with Crippen LogP contribution in [0.25, 0.3) is 5.70 Å². The third-order valence-electron chi connectivity index (χ3n) is 3.30. The number of aliphatic hydroxyl groups excluding tert-OH is 1. The number of nitrogens with two attached hydrogens (primary N) is 1. The van der Waals surface area contributed by atoms with E-state index >= 15 is 0 Å². The van der Waals surface area contributed by atoms with Gasteiger partial charge in [0.25, 0.3) is 5.91 Å². The zero-order chi connectivity index (χ0) is 16.3. The Morgan fingerprint density at radius 3 is 2.77 bits per heavy atom. The number of quaternary nitrogens is 1. The molecule has 118 valence electrons. The molecule has 0 spiro atoms. The molecular formula is C14H18N3O4S+. The van der Waals surface area contributed by atoms with E-state index in [0.29, 0.717) is 22.5 Å². The maximum Gasteiger partial charge on any atom is 0.442 e. The standard InChI is InChI=1S/C14H17N3O4S/c1-9-12(10-3-2-4-11(15)7-10)17(22,8-21-6-5-18)14(20)16-13(9)19/h2-4,7,18,22H,5-6,8,15H2,1H3/p+1. The number of carbonyl (C=O) groups excluding carboxylic acids is 2. The Balaban J connectivity index is 2.53. The SMILES string of the molecule is CC1=C(c2cccc(N)c2)[N+](S)(COCCO)C(=O)NC1=O. The molecular weight excluding hydrogens is 306 g/mol. The molecule has 1 aliphatic heterocycles. The van der Waals surface area contributed by atoms with E-state index in [4.69, 9.17) is 15.6 Å².